The molecule has 166 valence electrons. The fourth-order valence-corrected chi connectivity index (χ4v) is 6.26. The average Bonchev–Trinajstić information content (AvgIpc) is 3.35. The van der Waals surface area contributed by atoms with E-state index in [2.05, 4.69) is 14.2 Å². The third-order valence-corrected chi connectivity index (χ3v) is 8.99. The quantitative estimate of drug-likeness (QED) is 0.454. The number of halogens is 2. The summed E-state index contributed by atoms with van der Waals surface area (Å²) in [4.78, 5) is 11.8. The molecule has 1 aromatic carbocycles. The van der Waals surface area contributed by atoms with Crippen molar-refractivity contribution in [3.63, 3.8) is 0 Å². The van der Waals surface area contributed by atoms with E-state index in [1.54, 1.807) is 11.4 Å². The van der Waals surface area contributed by atoms with Crippen LogP contribution in [0.2, 0.25) is 10.0 Å². The van der Waals surface area contributed by atoms with E-state index in [9.17, 15) is 21.6 Å². The summed E-state index contributed by atoms with van der Waals surface area (Å²) in [6, 6.07) is 7.82. The highest BCUT2D eigenvalue weighted by Crippen LogP contribution is 2.35. The van der Waals surface area contributed by atoms with Crippen LogP contribution in [0.15, 0.2) is 51.0 Å². The van der Waals surface area contributed by atoms with Crippen LogP contribution in [0.25, 0.3) is 0 Å². The summed E-state index contributed by atoms with van der Waals surface area (Å²) in [6.07, 6.45) is 0. The Hall–Kier alpha value is -2.25. The summed E-state index contributed by atoms with van der Waals surface area (Å²) in [5.74, 6) is -0.720. The van der Waals surface area contributed by atoms with Crippen LogP contribution in [0, 0.1) is 0 Å². The number of hydrogen-bond donors (Lipinski definition) is 2. The molecule has 14 heteroatoms. The first-order valence-corrected chi connectivity index (χ1v) is 12.9. The fourth-order valence-electron chi connectivity index (χ4n) is 2.60. The molecular weight excluding hydrogens is 509 g/mol. The van der Waals surface area contributed by atoms with Gasteiger partial charge in [-0.15, -0.1) is 11.3 Å². The maximum Gasteiger partial charge on any atom is 0.354 e. The van der Waals surface area contributed by atoms with Crippen molar-refractivity contribution in [1.82, 2.24) is 4.57 Å². The largest absolute Gasteiger partial charge is 0.464 e. The SMILES string of the molecule is COC(=O)c1ccc(S(=O)(=O)Nc2cc(Cl)c(Cl)cc2NS(=O)(=O)c2cccs2)n1C. The van der Waals surface area contributed by atoms with Gasteiger partial charge in [0.05, 0.1) is 28.5 Å². The molecule has 31 heavy (non-hydrogen) atoms. The van der Waals surface area contributed by atoms with Gasteiger partial charge in [-0.1, -0.05) is 29.3 Å². The van der Waals surface area contributed by atoms with Gasteiger partial charge < -0.3 is 9.30 Å². The number of carbonyl (C=O) groups excluding carboxylic acids is 1. The van der Waals surface area contributed by atoms with Gasteiger partial charge in [-0.05, 0) is 35.7 Å². The molecule has 9 nitrogen and oxygen atoms in total. The lowest BCUT2D eigenvalue weighted by Gasteiger charge is -2.16. The normalized spacial score (nSPS) is 11.9. The second-order valence-corrected chi connectivity index (χ2v) is 11.4. The fraction of sp³-hybridized carbons (Fsp3) is 0.118. The molecule has 2 heterocycles. The van der Waals surface area contributed by atoms with Gasteiger partial charge in [-0.25, -0.2) is 13.2 Å². The minimum atomic E-state index is -4.26. The molecule has 0 spiro atoms. The molecule has 3 rings (SSSR count). The summed E-state index contributed by atoms with van der Waals surface area (Å²) in [5, 5.41) is 1.34. The first-order valence-electron chi connectivity index (χ1n) is 8.28. The summed E-state index contributed by atoms with van der Waals surface area (Å²) in [6.45, 7) is 0. The maximum atomic E-state index is 13.0. The molecule has 0 saturated heterocycles. The Morgan fingerprint density at radius 3 is 2.10 bits per heavy atom. The number of thiophene rings is 1. The number of carbonyl (C=O) groups is 1. The molecule has 0 aliphatic heterocycles. The Morgan fingerprint density at radius 1 is 1.00 bits per heavy atom. The summed E-state index contributed by atoms with van der Waals surface area (Å²) in [5.41, 5.74) is -0.278. The third kappa shape index (κ3) is 4.83. The number of rotatable bonds is 7. The van der Waals surface area contributed by atoms with E-state index in [1.165, 1.54) is 44.5 Å². The van der Waals surface area contributed by atoms with Crippen LogP contribution in [-0.2, 0) is 31.8 Å². The number of nitrogens with one attached hydrogen (secondary N) is 2. The van der Waals surface area contributed by atoms with Gasteiger partial charge in [-0.3, -0.25) is 9.44 Å². The molecule has 0 radical (unpaired) electrons. The van der Waals surface area contributed by atoms with Crippen molar-refractivity contribution in [3.05, 3.63) is 57.5 Å². The molecule has 0 bridgehead atoms. The number of ether oxygens (including phenoxy) is 1. The Balaban J connectivity index is 2.02. The Morgan fingerprint density at radius 2 is 1.58 bits per heavy atom. The van der Waals surface area contributed by atoms with E-state index in [0.29, 0.717) is 0 Å². The lowest BCUT2D eigenvalue weighted by atomic mass is 10.3. The number of aromatic nitrogens is 1. The van der Waals surface area contributed by atoms with E-state index >= 15 is 0 Å². The zero-order chi connectivity index (χ0) is 23.0. The van der Waals surface area contributed by atoms with Gasteiger partial charge in [0.1, 0.15) is 9.90 Å². The number of hydrogen-bond acceptors (Lipinski definition) is 7. The average molecular weight is 524 g/mol. The highest BCUT2D eigenvalue weighted by molar-refractivity contribution is 7.94. The predicted octanol–water partition coefficient (Wildman–Crippen LogP) is 3.78. The van der Waals surface area contributed by atoms with Crippen LogP contribution >= 0.6 is 34.5 Å². The van der Waals surface area contributed by atoms with Gasteiger partial charge in [0.15, 0.2) is 5.03 Å². The van der Waals surface area contributed by atoms with Crippen LogP contribution in [0.3, 0.4) is 0 Å². The first-order chi connectivity index (χ1) is 14.5. The maximum absolute atomic E-state index is 13.0. The number of nitrogens with zero attached hydrogens (tertiary/aromatic N) is 1. The van der Waals surface area contributed by atoms with Gasteiger partial charge in [0, 0.05) is 7.05 Å². The van der Waals surface area contributed by atoms with Gasteiger partial charge >= 0.3 is 5.97 Å². The molecule has 3 aromatic rings. The second kappa shape index (κ2) is 8.71. The van der Waals surface area contributed by atoms with Gasteiger partial charge in [-0.2, -0.15) is 8.42 Å². The lowest BCUT2D eigenvalue weighted by Crippen LogP contribution is -2.20. The van der Waals surface area contributed by atoms with Crippen LogP contribution in [0.5, 0.6) is 0 Å². The summed E-state index contributed by atoms with van der Waals surface area (Å²) < 4.78 is 61.5. The van der Waals surface area contributed by atoms with Crippen LogP contribution < -0.4 is 9.44 Å². The third-order valence-electron chi connectivity index (χ3n) is 4.05. The monoisotopic (exact) mass is 523 g/mol. The number of esters is 1. The van der Waals surface area contributed by atoms with Crippen molar-refractivity contribution in [2.45, 2.75) is 9.24 Å². The Labute approximate surface area is 192 Å². The number of anilines is 2. The van der Waals surface area contributed by atoms with E-state index in [1.807, 2.05) is 0 Å². The zero-order valence-electron chi connectivity index (χ0n) is 15.9. The standard InChI is InChI=1S/C17H15Cl2N3O6S3/c1-22-14(17(23)28-2)5-6-15(22)30(24,25)20-12-8-10(18)11(19)9-13(12)21-31(26,27)16-4-3-7-29-16/h3-9,20-21H,1-2H3. The topological polar surface area (TPSA) is 124 Å². The van der Waals surface area contributed by atoms with Crippen molar-refractivity contribution in [3.8, 4) is 0 Å². The number of methoxy groups -OCH3 is 1. The molecule has 0 unspecified atom stereocenters. The van der Waals surface area contributed by atoms with E-state index < -0.39 is 26.0 Å². The molecule has 0 atom stereocenters. The zero-order valence-corrected chi connectivity index (χ0v) is 19.9. The van der Waals surface area contributed by atoms with Gasteiger partial charge in [0.25, 0.3) is 20.0 Å². The van der Waals surface area contributed by atoms with Crippen LogP contribution in [-0.4, -0.2) is 34.5 Å². The Bertz CT molecular complexity index is 1350. The summed E-state index contributed by atoms with van der Waals surface area (Å²) in [7, 11) is -5.71. The molecule has 2 aromatic heterocycles. The van der Waals surface area contributed by atoms with Crippen molar-refractivity contribution >= 4 is 71.9 Å². The molecule has 0 saturated carbocycles. The smallest absolute Gasteiger partial charge is 0.354 e. The number of benzene rings is 1. The van der Waals surface area contributed by atoms with Crippen molar-refractivity contribution in [2.75, 3.05) is 16.6 Å². The van der Waals surface area contributed by atoms with Crippen LogP contribution in [0.4, 0.5) is 11.4 Å². The Kier molecular flexibility index (Phi) is 6.58. The predicted molar refractivity (Wildman–Crippen MR) is 119 cm³/mol. The minimum Gasteiger partial charge on any atom is -0.464 e. The van der Waals surface area contributed by atoms with Crippen molar-refractivity contribution < 1.29 is 26.4 Å². The minimum absolute atomic E-state index is 0.000527. The lowest BCUT2D eigenvalue weighted by molar-refractivity contribution is 0.0589. The highest BCUT2D eigenvalue weighted by atomic mass is 35.5. The molecule has 0 aliphatic carbocycles. The molecular formula is C17H15Cl2N3O6S3. The molecule has 0 amide bonds. The van der Waals surface area contributed by atoms with Crippen LogP contribution in [0.1, 0.15) is 10.5 Å². The van der Waals surface area contributed by atoms with Crippen molar-refractivity contribution in [2.24, 2.45) is 7.05 Å². The van der Waals surface area contributed by atoms with E-state index in [4.69, 9.17) is 23.2 Å². The number of sulfonamides is 2. The van der Waals surface area contributed by atoms with Gasteiger partial charge in [0.2, 0.25) is 0 Å². The molecule has 0 aliphatic rings. The first kappa shape index (κ1) is 23.4. The summed E-state index contributed by atoms with van der Waals surface area (Å²) >= 11 is 13.0. The molecule has 0 fully saturated rings. The second-order valence-electron chi connectivity index (χ2n) is 6.06. The van der Waals surface area contributed by atoms with E-state index in [0.717, 1.165) is 15.9 Å². The molecule has 2 N–H and O–H groups in total. The highest BCUT2D eigenvalue weighted by Gasteiger charge is 2.25. The van der Waals surface area contributed by atoms with E-state index in [-0.39, 0.29) is 36.3 Å². The van der Waals surface area contributed by atoms with Crippen molar-refractivity contribution in [1.29, 1.82) is 0 Å².